The Morgan fingerprint density at radius 3 is 2.79 bits per heavy atom. The van der Waals surface area contributed by atoms with Gasteiger partial charge in [0.15, 0.2) is 11.7 Å². The lowest BCUT2D eigenvalue weighted by atomic mass is 10.1. The number of benzene rings is 1. The van der Waals surface area contributed by atoms with E-state index in [1.165, 1.54) is 0 Å². The van der Waals surface area contributed by atoms with E-state index < -0.39 is 0 Å². The zero-order valence-electron chi connectivity index (χ0n) is 7.77. The maximum Gasteiger partial charge on any atom is 0.191 e. The van der Waals surface area contributed by atoms with Gasteiger partial charge in [-0.25, -0.2) is 0 Å². The number of aliphatic imine (C=N–C) groups is 1. The van der Waals surface area contributed by atoms with Gasteiger partial charge in [-0.1, -0.05) is 30.3 Å². The molecule has 1 aliphatic heterocycles. The molecule has 0 bridgehead atoms. The standard InChI is InChI=1S/C11H11NO2/c13-10(8-11-12-6-7-14-11)9-4-2-1-3-5-9/h1-5H,6-8H2. The third-order valence-corrected chi connectivity index (χ3v) is 2.06. The van der Waals surface area contributed by atoms with Crippen LogP contribution in [0.1, 0.15) is 16.8 Å². The molecule has 0 unspecified atom stereocenters. The maximum atomic E-state index is 11.6. The average molecular weight is 189 g/mol. The van der Waals surface area contributed by atoms with Crippen LogP contribution in [0.15, 0.2) is 35.3 Å². The number of rotatable bonds is 3. The molecule has 1 heterocycles. The molecule has 3 nitrogen and oxygen atoms in total. The highest BCUT2D eigenvalue weighted by atomic mass is 16.5. The van der Waals surface area contributed by atoms with Crippen LogP contribution >= 0.6 is 0 Å². The molecular formula is C11H11NO2. The number of Topliss-reactive ketones (excluding diaryl/α,β-unsaturated/α-hetero) is 1. The Labute approximate surface area is 82.4 Å². The highest BCUT2D eigenvalue weighted by Gasteiger charge is 2.13. The van der Waals surface area contributed by atoms with Gasteiger partial charge in [0.05, 0.1) is 13.0 Å². The van der Waals surface area contributed by atoms with Crippen molar-refractivity contribution in [3.8, 4) is 0 Å². The summed E-state index contributed by atoms with van der Waals surface area (Å²) in [5.74, 6) is 0.630. The first-order valence-corrected chi connectivity index (χ1v) is 4.60. The molecule has 72 valence electrons. The fraction of sp³-hybridized carbons (Fsp3) is 0.273. The Hall–Kier alpha value is -1.64. The molecule has 0 saturated heterocycles. The number of hydrogen-bond acceptors (Lipinski definition) is 3. The van der Waals surface area contributed by atoms with E-state index >= 15 is 0 Å². The molecule has 0 radical (unpaired) electrons. The summed E-state index contributed by atoms with van der Waals surface area (Å²) < 4.78 is 5.17. The largest absolute Gasteiger partial charge is 0.479 e. The molecular weight excluding hydrogens is 178 g/mol. The lowest BCUT2D eigenvalue weighted by Gasteiger charge is -2.00. The summed E-state index contributed by atoms with van der Waals surface area (Å²) in [6.45, 7) is 1.29. The summed E-state index contributed by atoms with van der Waals surface area (Å²) in [5, 5.41) is 0. The number of carbonyl (C=O) groups excluding carboxylic acids is 1. The van der Waals surface area contributed by atoms with Gasteiger partial charge in [0.25, 0.3) is 0 Å². The van der Waals surface area contributed by atoms with E-state index in [2.05, 4.69) is 4.99 Å². The van der Waals surface area contributed by atoms with Crippen LogP contribution < -0.4 is 0 Å². The van der Waals surface area contributed by atoms with Crippen LogP contribution in [0.2, 0.25) is 0 Å². The first-order chi connectivity index (χ1) is 6.86. The zero-order chi connectivity index (χ0) is 9.80. The third kappa shape index (κ3) is 1.99. The third-order valence-electron chi connectivity index (χ3n) is 2.06. The predicted molar refractivity (Wildman–Crippen MR) is 53.6 cm³/mol. The minimum absolute atomic E-state index is 0.0613. The van der Waals surface area contributed by atoms with Gasteiger partial charge in [-0.3, -0.25) is 9.79 Å². The molecule has 0 atom stereocenters. The molecule has 0 aromatic heterocycles. The van der Waals surface area contributed by atoms with E-state index in [1.54, 1.807) is 12.1 Å². The van der Waals surface area contributed by atoms with Gasteiger partial charge in [-0.15, -0.1) is 0 Å². The molecule has 1 aliphatic rings. The normalized spacial score (nSPS) is 14.7. The van der Waals surface area contributed by atoms with E-state index in [0.717, 1.165) is 0 Å². The van der Waals surface area contributed by atoms with Crippen LogP contribution in [0.25, 0.3) is 0 Å². The highest BCUT2D eigenvalue weighted by Crippen LogP contribution is 2.06. The van der Waals surface area contributed by atoms with Gasteiger partial charge < -0.3 is 4.74 Å². The summed E-state index contributed by atoms with van der Waals surface area (Å²) in [4.78, 5) is 15.7. The topological polar surface area (TPSA) is 38.7 Å². The van der Waals surface area contributed by atoms with Gasteiger partial charge in [-0.05, 0) is 0 Å². The number of ether oxygens (including phenoxy) is 1. The maximum absolute atomic E-state index is 11.6. The summed E-state index contributed by atoms with van der Waals surface area (Å²) in [7, 11) is 0. The molecule has 0 spiro atoms. The minimum atomic E-state index is 0.0613. The molecule has 0 N–H and O–H groups in total. The van der Waals surface area contributed by atoms with Crippen molar-refractivity contribution in [3.05, 3.63) is 35.9 Å². The van der Waals surface area contributed by atoms with Crippen LogP contribution in [0, 0.1) is 0 Å². The molecule has 3 heteroatoms. The first-order valence-electron chi connectivity index (χ1n) is 4.60. The smallest absolute Gasteiger partial charge is 0.191 e. The monoisotopic (exact) mass is 189 g/mol. The van der Waals surface area contributed by atoms with E-state index in [4.69, 9.17) is 4.74 Å². The number of carbonyl (C=O) groups is 1. The van der Waals surface area contributed by atoms with Crippen molar-refractivity contribution in [3.63, 3.8) is 0 Å². The van der Waals surface area contributed by atoms with Crippen LogP contribution in [0.5, 0.6) is 0 Å². The molecule has 14 heavy (non-hydrogen) atoms. The lowest BCUT2D eigenvalue weighted by molar-refractivity contribution is 0.0994. The van der Waals surface area contributed by atoms with Gasteiger partial charge in [0, 0.05) is 5.56 Å². The SMILES string of the molecule is O=C(CC1=NCCO1)c1ccccc1. The Kier molecular flexibility index (Phi) is 2.58. The molecule has 1 aromatic rings. The summed E-state index contributed by atoms with van der Waals surface area (Å²) >= 11 is 0. The van der Waals surface area contributed by atoms with Crippen LogP contribution in [-0.4, -0.2) is 24.8 Å². The summed E-state index contributed by atoms with van der Waals surface area (Å²) in [6, 6.07) is 9.20. The quantitative estimate of drug-likeness (QED) is 0.678. The number of nitrogens with zero attached hydrogens (tertiary/aromatic N) is 1. The lowest BCUT2D eigenvalue weighted by Crippen LogP contribution is -2.08. The first kappa shape index (κ1) is 8.94. The van der Waals surface area contributed by atoms with Crippen molar-refractivity contribution in [2.45, 2.75) is 6.42 Å². The molecule has 0 amide bonds. The Morgan fingerprint density at radius 1 is 1.36 bits per heavy atom. The fourth-order valence-corrected chi connectivity index (χ4v) is 1.35. The van der Waals surface area contributed by atoms with Crippen LogP contribution in [0.4, 0.5) is 0 Å². The van der Waals surface area contributed by atoms with E-state index in [9.17, 15) is 4.79 Å². The van der Waals surface area contributed by atoms with Gasteiger partial charge in [-0.2, -0.15) is 0 Å². The van der Waals surface area contributed by atoms with Crippen molar-refractivity contribution in [2.75, 3.05) is 13.2 Å². The average Bonchev–Trinajstić information content (AvgIpc) is 2.72. The fourth-order valence-electron chi connectivity index (χ4n) is 1.35. The van der Waals surface area contributed by atoms with Crippen molar-refractivity contribution in [2.24, 2.45) is 4.99 Å². The van der Waals surface area contributed by atoms with Crippen LogP contribution in [-0.2, 0) is 4.74 Å². The highest BCUT2D eigenvalue weighted by molar-refractivity contribution is 6.07. The second-order valence-electron chi connectivity index (χ2n) is 3.09. The van der Waals surface area contributed by atoms with Gasteiger partial charge in [0.2, 0.25) is 0 Å². The number of hydrogen-bond donors (Lipinski definition) is 0. The zero-order valence-corrected chi connectivity index (χ0v) is 7.77. The minimum Gasteiger partial charge on any atom is -0.479 e. The molecule has 0 aliphatic carbocycles. The molecule has 0 fully saturated rings. The Morgan fingerprint density at radius 2 is 2.14 bits per heavy atom. The van der Waals surface area contributed by atoms with E-state index in [0.29, 0.717) is 24.6 Å². The van der Waals surface area contributed by atoms with Gasteiger partial charge >= 0.3 is 0 Å². The summed E-state index contributed by atoms with van der Waals surface area (Å²) in [5.41, 5.74) is 0.714. The van der Waals surface area contributed by atoms with Crippen molar-refractivity contribution in [1.82, 2.24) is 0 Å². The Balaban J connectivity index is 2.03. The second kappa shape index (κ2) is 4.05. The predicted octanol–water partition coefficient (Wildman–Crippen LogP) is 1.69. The van der Waals surface area contributed by atoms with E-state index in [-0.39, 0.29) is 12.2 Å². The van der Waals surface area contributed by atoms with Crippen molar-refractivity contribution < 1.29 is 9.53 Å². The Bertz CT molecular complexity index is 357. The van der Waals surface area contributed by atoms with Crippen molar-refractivity contribution in [1.29, 1.82) is 0 Å². The number of ketones is 1. The summed E-state index contributed by atoms with van der Waals surface area (Å²) in [6.07, 6.45) is 0.282. The molecule has 2 rings (SSSR count). The molecule has 0 saturated carbocycles. The second-order valence-corrected chi connectivity index (χ2v) is 3.09. The van der Waals surface area contributed by atoms with Gasteiger partial charge in [0.1, 0.15) is 6.61 Å². The van der Waals surface area contributed by atoms with Crippen molar-refractivity contribution >= 4 is 11.7 Å². The molecule has 1 aromatic carbocycles. The van der Waals surface area contributed by atoms with E-state index in [1.807, 2.05) is 18.2 Å². The van der Waals surface area contributed by atoms with Crippen LogP contribution in [0.3, 0.4) is 0 Å².